The molecule has 1 aromatic heterocycles. The summed E-state index contributed by atoms with van der Waals surface area (Å²) in [4.78, 5) is 14.4. The third kappa shape index (κ3) is 4.87. The largest absolute Gasteiger partial charge is 0.497 e. The fraction of sp³-hybridized carbons (Fsp3) is 0.200. The minimum absolute atomic E-state index is 0.204. The number of carbonyl (C=O) groups excluding carboxylic acids is 1. The van der Waals surface area contributed by atoms with Gasteiger partial charge in [-0.25, -0.2) is 0 Å². The van der Waals surface area contributed by atoms with Gasteiger partial charge in [0.2, 0.25) is 5.91 Å². The van der Waals surface area contributed by atoms with Crippen molar-refractivity contribution >= 4 is 22.5 Å². The molecule has 1 heterocycles. The highest BCUT2D eigenvalue weighted by molar-refractivity contribution is 5.96. The molecule has 152 valence electrons. The summed E-state index contributed by atoms with van der Waals surface area (Å²) >= 11 is 0. The highest BCUT2D eigenvalue weighted by Crippen LogP contribution is 2.34. The molecule has 0 saturated heterocycles. The van der Waals surface area contributed by atoms with E-state index in [4.69, 9.17) is 4.74 Å². The fourth-order valence-electron chi connectivity index (χ4n) is 3.26. The summed E-state index contributed by atoms with van der Waals surface area (Å²) in [7, 11) is 1.64. The maximum Gasteiger partial charge on any atom is 0.230 e. The second kappa shape index (κ2) is 9.27. The van der Waals surface area contributed by atoms with Crippen molar-refractivity contribution in [3.8, 4) is 5.75 Å². The number of hydrogen-bond donors (Lipinski definition) is 1. The van der Waals surface area contributed by atoms with Crippen LogP contribution in [-0.2, 0) is 11.3 Å². The molecule has 0 radical (unpaired) electrons. The van der Waals surface area contributed by atoms with E-state index in [0.29, 0.717) is 6.54 Å². The van der Waals surface area contributed by atoms with Gasteiger partial charge in [0.25, 0.3) is 0 Å². The SMILES string of the molecule is COc1ccc(N(Cc2ccccc2)C(=O)C2CC2)cc1.c1ccc2[nH]ncc2c1. The predicted octanol–water partition coefficient (Wildman–Crippen LogP) is 5.20. The molecule has 1 aliphatic rings. The van der Waals surface area contributed by atoms with Gasteiger partial charge in [-0.3, -0.25) is 9.89 Å². The lowest BCUT2D eigenvalue weighted by atomic mass is 10.1. The second-order valence-corrected chi connectivity index (χ2v) is 7.34. The fourth-order valence-corrected chi connectivity index (χ4v) is 3.26. The van der Waals surface area contributed by atoms with Crippen molar-refractivity contribution < 1.29 is 9.53 Å². The van der Waals surface area contributed by atoms with Crippen LogP contribution in [0.15, 0.2) is 85.1 Å². The Bertz CT molecular complexity index is 1060. The van der Waals surface area contributed by atoms with Crippen molar-refractivity contribution in [3.63, 3.8) is 0 Å². The lowest BCUT2D eigenvalue weighted by molar-refractivity contribution is -0.119. The van der Waals surface area contributed by atoms with E-state index in [1.54, 1.807) is 7.11 Å². The van der Waals surface area contributed by atoms with Crippen LogP contribution in [0.1, 0.15) is 18.4 Å². The Hall–Kier alpha value is -3.60. The molecule has 5 nitrogen and oxygen atoms in total. The Morgan fingerprint density at radius 2 is 1.70 bits per heavy atom. The zero-order valence-electron chi connectivity index (χ0n) is 17.0. The molecule has 1 saturated carbocycles. The maximum atomic E-state index is 12.6. The molecule has 0 bridgehead atoms. The van der Waals surface area contributed by atoms with Crippen LogP contribution in [-0.4, -0.2) is 23.2 Å². The van der Waals surface area contributed by atoms with Gasteiger partial charge in [0.15, 0.2) is 0 Å². The predicted molar refractivity (Wildman–Crippen MR) is 119 cm³/mol. The molecule has 4 aromatic rings. The molecule has 0 unspecified atom stereocenters. The number of aromatic amines is 1. The van der Waals surface area contributed by atoms with Gasteiger partial charge < -0.3 is 9.64 Å². The zero-order chi connectivity index (χ0) is 20.8. The first kappa shape index (κ1) is 19.7. The smallest absolute Gasteiger partial charge is 0.230 e. The van der Waals surface area contributed by atoms with Crippen LogP contribution in [0.25, 0.3) is 10.9 Å². The number of methoxy groups -OCH3 is 1. The Labute approximate surface area is 176 Å². The Kier molecular flexibility index (Phi) is 6.09. The normalized spacial score (nSPS) is 12.7. The number of H-pyrrole nitrogens is 1. The number of rotatable bonds is 5. The number of nitrogens with zero attached hydrogens (tertiary/aromatic N) is 2. The molecule has 1 amide bonds. The summed E-state index contributed by atoms with van der Waals surface area (Å²) in [6.45, 7) is 0.614. The van der Waals surface area contributed by atoms with Gasteiger partial charge >= 0.3 is 0 Å². The van der Waals surface area contributed by atoms with E-state index in [9.17, 15) is 4.79 Å². The van der Waals surface area contributed by atoms with Crippen LogP contribution < -0.4 is 9.64 Å². The minimum Gasteiger partial charge on any atom is -0.497 e. The van der Waals surface area contributed by atoms with Gasteiger partial charge in [0.05, 0.1) is 25.4 Å². The lowest BCUT2D eigenvalue weighted by Gasteiger charge is -2.23. The van der Waals surface area contributed by atoms with Gasteiger partial charge in [-0.1, -0.05) is 48.5 Å². The van der Waals surface area contributed by atoms with E-state index in [2.05, 4.69) is 22.3 Å². The second-order valence-electron chi connectivity index (χ2n) is 7.34. The number of benzene rings is 3. The van der Waals surface area contributed by atoms with Gasteiger partial charge in [0, 0.05) is 17.0 Å². The first-order valence-corrected chi connectivity index (χ1v) is 10.1. The number of para-hydroxylation sites is 1. The van der Waals surface area contributed by atoms with Crippen molar-refractivity contribution in [2.24, 2.45) is 5.92 Å². The third-order valence-corrected chi connectivity index (χ3v) is 5.11. The Morgan fingerprint density at radius 1 is 1.00 bits per heavy atom. The van der Waals surface area contributed by atoms with Crippen molar-refractivity contribution in [2.75, 3.05) is 12.0 Å². The van der Waals surface area contributed by atoms with Gasteiger partial charge in [-0.2, -0.15) is 5.10 Å². The highest BCUT2D eigenvalue weighted by atomic mass is 16.5. The lowest BCUT2D eigenvalue weighted by Crippen LogP contribution is -2.31. The number of anilines is 1. The van der Waals surface area contributed by atoms with Crippen LogP contribution >= 0.6 is 0 Å². The number of amides is 1. The molecule has 1 fully saturated rings. The van der Waals surface area contributed by atoms with E-state index in [1.165, 1.54) is 0 Å². The molecule has 0 aliphatic heterocycles. The topological polar surface area (TPSA) is 58.2 Å². The Morgan fingerprint density at radius 3 is 2.37 bits per heavy atom. The minimum atomic E-state index is 0.204. The molecule has 1 aliphatic carbocycles. The van der Waals surface area contributed by atoms with Crippen molar-refractivity contribution in [1.82, 2.24) is 10.2 Å². The van der Waals surface area contributed by atoms with Crippen LogP contribution in [0, 0.1) is 5.92 Å². The molecule has 0 atom stereocenters. The van der Waals surface area contributed by atoms with Crippen molar-refractivity contribution in [2.45, 2.75) is 19.4 Å². The number of fused-ring (bicyclic) bond motifs is 1. The number of nitrogens with one attached hydrogen (secondary N) is 1. The highest BCUT2D eigenvalue weighted by Gasteiger charge is 2.34. The summed E-state index contributed by atoms with van der Waals surface area (Å²) in [6.07, 6.45) is 3.84. The standard InChI is InChI=1S/C18H19NO2.C7H6N2/c1-21-17-11-9-16(10-12-17)19(18(20)15-7-8-15)13-14-5-3-2-4-6-14;1-2-4-7-6(3-1)5-8-9-7/h2-6,9-12,15H,7-8,13H2,1H3;1-5H,(H,8,9). The summed E-state index contributed by atoms with van der Waals surface area (Å²) < 4.78 is 5.18. The zero-order valence-corrected chi connectivity index (χ0v) is 17.0. The molecule has 0 spiro atoms. The molecule has 30 heavy (non-hydrogen) atoms. The van der Waals surface area contributed by atoms with E-state index in [0.717, 1.165) is 40.7 Å². The van der Waals surface area contributed by atoms with Crippen LogP contribution in [0.3, 0.4) is 0 Å². The average molecular weight is 399 g/mol. The van der Waals surface area contributed by atoms with Crippen LogP contribution in [0.2, 0.25) is 0 Å². The number of aromatic nitrogens is 2. The first-order chi connectivity index (χ1) is 14.7. The van der Waals surface area contributed by atoms with Crippen molar-refractivity contribution in [3.05, 3.63) is 90.6 Å². The van der Waals surface area contributed by atoms with Gasteiger partial charge in [0.1, 0.15) is 5.75 Å². The molecular formula is C25H25N3O2. The molecule has 5 heteroatoms. The molecule has 1 N–H and O–H groups in total. The van der Waals surface area contributed by atoms with E-state index < -0.39 is 0 Å². The van der Waals surface area contributed by atoms with E-state index in [1.807, 2.05) is 77.8 Å². The summed E-state index contributed by atoms with van der Waals surface area (Å²) in [6, 6.07) is 25.8. The van der Waals surface area contributed by atoms with Crippen LogP contribution in [0.5, 0.6) is 5.75 Å². The molecule has 5 rings (SSSR count). The number of carbonyl (C=O) groups is 1. The quantitative estimate of drug-likeness (QED) is 0.502. The molecular weight excluding hydrogens is 374 g/mol. The monoisotopic (exact) mass is 399 g/mol. The maximum absolute atomic E-state index is 12.6. The number of ether oxygens (including phenoxy) is 1. The summed E-state index contributed by atoms with van der Waals surface area (Å²) in [5.74, 6) is 1.23. The van der Waals surface area contributed by atoms with Gasteiger partial charge in [-0.05, 0) is 48.7 Å². The van der Waals surface area contributed by atoms with Gasteiger partial charge in [-0.15, -0.1) is 0 Å². The summed E-state index contributed by atoms with van der Waals surface area (Å²) in [5, 5.41) is 7.91. The third-order valence-electron chi connectivity index (χ3n) is 5.11. The molecule has 3 aromatic carbocycles. The van der Waals surface area contributed by atoms with Crippen molar-refractivity contribution in [1.29, 1.82) is 0 Å². The summed E-state index contributed by atoms with van der Waals surface area (Å²) in [5.41, 5.74) is 3.16. The first-order valence-electron chi connectivity index (χ1n) is 10.1. The Balaban J connectivity index is 0.000000200. The van der Waals surface area contributed by atoms with E-state index >= 15 is 0 Å². The average Bonchev–Trinajstić information content (AvgIpc) is 3.55. The van der Waals surface area contributed by atoms with Crippen LogP contribution in [0.4, 0.5) is 5.69 Å². The van der Waals surface area contributed by atoms with E-state index in [-0.39, 0.29) is 11.8 Å². The number of hydrogen-bond acceptors (Lipinski definition) is 3.